The fourth-order valence-electron chi connectivity index (χ4n) is 3.54. The van der Waals surface area contributed by atoms with E-state index in [1.807, 2.05) is 6.07 Å². The maximum atomic E-state index is 12.8. The van der Waals surface area contributed by atoms with Gasteiger partial charge in [-0.05, 0) is 30.0 Å². The van der Waals surface area contributed by atoms with Crippen molar-refractivity contribution in [2.75, 3.05) is 37.8 Å². The second-order valence-corrected chi connectivity index (χ2v) is 12.5. The van der Waals surface area contributed by atoms with Crippen molar-refractivity contribution in [2.45, 2.75) is 28.7 Å². The Kier molecular flexibility index (Phi) is 6.49. The minimum Gasteiger partial charge on any atom is -0.416 e. The third kappa shape index (κ3) is 5.22. The molecular weight excluding hydrogens is 450 g/mol. The molecule has 3 heterocycles. The molecular formula is C18H23N3O6S3. The highest BCUT2D eigenvalue weighted by Gasteiger charge is 2.29. The highest BCUT2D eigenvalue weighted by atomic mass is 32.2. The number of ether oxygens (including phenoxy) is 1. The molecule has 12 heteroatoms. The molecule has 2 aliphatic rings. The summed E-state index contributed by atoms with van der Waals surface area (Å²) in [6, 6.07) is 6.84. The molecule has 1 aromatic carbocycles. The number of rotatable bonds is 7. The van der Waals surface area contributed by atoms with Crippen LogP contribution < -0.4 is 0 Å². The van der Waals surface area contributed by atoms with E-state index in [0.717, 1.165) is 5.56 Å². The molecule has 0 aliphatic carbocycles. The van der Waals surface area contributed by atoms with Crippen LogP contribution in [-0.2, 0) is 36.8 Å². The van der Waals surface area contributed by atoms with Crippen molar-refractivity contribution >= 4 is 31.6 Å². The van der Waals surface area contributed by atoms with Crippen LogP contribution in [0.2, 0.25) is 0 Å². The van der Waals surface area contributed by atoms with Gasteiger partial charge in [0.1, 0.15) is 0 Å². The van der Waals surface area contributed by atoms with Gasteiger partial charge >= 0.3 is 0 Å². The fraction of sp³-hybridized carbons (Fsp3) is 0.556. The second-order valence-electron chi connectivity index (χ2n) is 7.39. The highest BCUT2D eigenvalue weighted by molar-refractivity contribution is 7.98. The maximum absolute atomic E-state index is 12.8. The molecule has 2 aliphatic heterocycles. The first-order valence-corrected chi connectivity index (χ1v) is 13.9. The highest BCUT2D eigenvalue weighted by Crippen LogP contribution is 2.27. The van der Waals surface area contributed by atoms with Gasteiger partial charge in [-0.15, -0.1) is 10.2 Å². The molecule has 0 N–H and O–H groups in total. The lowest BCUT2D eigenvalue weighted by molar-refractivity contribution is 0.0730. The number of hydrogen-bond acceptors (Lipinski definition) is 9. The average Bonchev–Trinajstić information content (AvgIpc) is 3.33. The molecule has 9 nitrogen and oxygen atoms in total. The number of thioether (sulfide) groups is 1. The SMILES string of the molecule is O=S1(=O)CCC(Cc2nnc(SCc3cccc(S(=O)(=O)N4CCOCC4)c3)o2)C1. The Hall–Kier alpha value is -1.47. The summed E-state index contributed by atoms with van der Waals surface area (Å²) < 4.78 is 61.1. The number of nitrogens with zero attached hydrogens (tertiary/aromatic N) is 3. The zero-order valence-electron chi connectivity index (χ0n) is 16.3. The number of sulfonamides is 1. The van der Waals surface area contributed by atoms with Gasteiger partial charge in [0.15, 0.2) is 9.84 Å². The lowest BCUT2D eigenvalue weighted by atomic mass is 10.1. The Bertz CT molecular complexity index is 1090. The van der Waals surface area contributed by atoms with Gasteiger partial charge in [0, 0.05) is 25.3 Å². The van der Waals surface area contributed by atoms with Crippen LogP contribution in [0.15, 0.2) is 38.8 Å². The summed E-state index contributed by atoms with van der Waals surface area (Å²) in [7, 11) is -6.48. The van der Waals surface area contributed by atoms with E-state index in [0.29, 0.717) is 56.0 Å². The topological polar surface area (TPSA) is 120 Å². The Morgan fingerprint density at radius 2 is 2.00 bits per heavy atom. The summed E-state index contributed by atoms with van der Waals surface area (Å²) in [6.07, 6.45) is 1.08. The molecule has 164 valence electrons. The Morgan fingerprint density at radius 1 is 1.20 bits per heavy atom. The zero-order chi connectivity index (χ0) is 21.2. The number of morpholine rings is 1. The number of sulfone groups is 1. The van der Waals surface area contributed by atoms with Crippen molar-refractivity contribution in [1.29, 1.82) is 0 Å². The molecule has 1 aromatic heterocycles. The van der Waals surface area contributed by atoms with E-state index >= 15 is 0 Å². The molecule has 1 atom stereocenters. The summed E-state index contributed by atoms with van der Waals surface area (Å²) in [5, 5.41) is 8.40. The van der Waals surface area contributed by atoms with E-state index in [-0.39, 0.29) is 22.3 Å². The van der Waals surface area contributed by atoms with E-state index < -0.39 is 19.9 Å². The van der Waals surface area contributed by atoms with Crippen LogP contribution in [0.5, 0.6) is 0 Å². The van der Waals surface area contributed by atoms with Gasteiger partial charge in [0.2, 0.25) is 15.9 Å². The molecule has 1 unspecified atom stereocenters. The van der Waals surface area contributed by atoms with Crippen molar-refractivity contribution < 1.29 is 26.0 Å². The molecule has 0 spiro atoms. The quantitative estimate of drug-likeness (QED) is 0.549. The van der Waals surface area contributed by atoms with E-state index in [1.54, 1.807) is 18.2 Å². The maximum Gasteiger partial charge on any atom is 0.276 e. The van der Waals surface area contributed by atoms with E-state index in [9.17, 15) is 16.8 Å². The van der Waals surface area contributed by atoms with E-state index in [4.69, 9.17) is 9.15 Å². The summed E-state index contributed by atoms with van der Waals surface area (Å²) in [4.78, 5) is 0.260. The Labute approximate surface area is 180 Å². The van der Waals surface area contributed by atoms with Gasteiger partial charge in [-0.1, -0.05) is 23.9 Å². The van der Waals surface area contributed by atoms with Gasteiger partial charge in [-0.3, -0.25) is 0 Å². The standard InChI is InChI=1S/C18H23N3O6S3/c22-29(23)9-4-15(13-29)11-17-19-20-18(27-17)28-12-14-2-1-3-16(10-14)30(24,25)21-5-7-26-8-6-21/h1-3,10,15H,4-9,11-13H2. The van der Waals surface area contributed by atoms with Crippen molar-refractivity contribution in [3.63, 3.8) is 0 Å². The van der Waals surface area contributed by atoms with Gasteiger partial charge in [0.05, 0.1) is 29.6 Å². The summed E-state index contributed by atoms with van der Waals surface area (Å²) >= 11 is 1.32. The Morgan fingerprint density at radius 3 is 2.73 bits per heavy atom. The van der Waals surface area contributed by atoms with Crippen LogP contribution in [0.25, 0.3) is 0 Å². The smallest absolute Gasteiger partial charge is 0.276 e. The third-order valence-electron chi connectivity index (χ3n) is 5.11. The summed E-state index contributed by atoms with van der Waals surface area (Å²) in [6.45, 7) is 1.52. The molecule has 2 saturated heterocycles. The molecule has 2 fully saturated rings. The molecule has 0 bridgehead atoms. The normalized spacial score (nSPS) is 22.3. The third-order valence-corrected chi connectivity index (χ3v) is 9.73. The van der Waals surface area contributed by atoms with Crippen LogP contribution in [0, 0.1) is 5.92 Å². The molecule has 0 amide bonds. The van der Waals surface area contributed by atoms with Crippen molar-refractivity contribution in [3.05, 3.63) is 35.7 Å². The predicted molar refractivity (Wildman–Crippen MR) is 110 cm³/mol. The molecule has 30 heavy (non-hydrogen) atoms. The second kappa shape index (κ2) is 8.95. The monoisotopic (exact) mass is 473 g/mol. The van der Waals surface area contributed by atoms with Crippen LogP contribution in [0.1, 0.15) is 17.9 Å². The predicted octanol–water partition coefficient (Wildman–Crippen LogP) is 1.36. The van der Waals surface area contributed by atoms with E-state index in [2.05, 4.69) is 10.2 Å². The van der Waals surface area contributed by atoms with Crippen LogP contribution in [0.3, 0.4) is 0 Å². The van der Waals surface area contributed by atoms with Gasteiger partial charge in [-0.25, -0.2) is 16.8 Å². The first-order valence-electron chi connectivity index (χ1n) is 9.64. The lowest BCUT2D eigenvalue weighted by Gasteiger charge is -2.26. The molecule has 0 radical (unpaired) electrons. The minimum absolute atomic E-state index is 0.0235. The average molecular weight is 474 g/mol. The number of aromatic nitrogens is 2. The first kappa shape index (κ1) is 21.8. The van der Waals surface area contributed by atoms with Crippen LogP contribution in [0.4, 0.5) is 0 Å². The van der Waals surface area contributed by atoms with Crippen molar-refractivity contribution in [2.24, 2.45) is 5.92 Å². The van der Waals surface area contributed by atoms with Crippen LogP contribution >= 0.6 is 11.8 Å². The van der Waals surface area contributed by atoms with Crippen molar-refractivity contribution in [1.82, 2.24) is 14.5 Å². The van der Waals surface area contributed by atoms with Crippen molar-refractivity contribution in [3.8, 4) is 0 Å². The van der Waals surface area contributed by atoms with Gasteiger partial charge in [0.25, 0.3) is 5.22 Å². The number of hydrogen-bond donors (Lipinski definition) is 0. The summed E-state index contributed by atoms with van der Waals surface area (Å²) in [5.41, 5.74) is 0.830. The van der Waals surface area contributed by atoms with E-state index in [1.165, 1.54) is 16.1 Å². The minimum atomic E-state index is -3.54. The number of benzene rings is 1. The van der Waals surface area contributed by atoms with Gasteiger partial charge in [-0.2, -0.15) is 4.31 Å². The fourth-order valence-corrected chi connectivity index (χ4v) is 7.60. The summed E-state index contributed by atoms with van der Waals surface area (Å²) in [5.74, 6) is 1.32. The van der Waals surface area contributed by atoms with Crippen LogP contribution in [-0.4, -0.2) is 69.1 Å². The largest absolute Gasteiger partial charge is 0.416 e. The molecule has 0 saturated carbocycles. The molecule has 2 aromatic rings. The first-order chi connectivity index (χ1) is 14.3. The molecule has 4 rings (SSSR count). The zero-order valence-corrected chi connectivity index (χ0v) is 18.7. The Balaban J connectivity index is 1.36. The lowest BCUT2D eigenvalue weighted by Crippen LogP contribution is -2.40. The van der Waals surface area contributed by atoms with Gasteiger partial charge < -0.3 is 9.15 Å².